The van der Waals surface area contributed by atoms with Gasteiger partial charge in [0.05, 0.1) is 0 Å². The van der Waals surface area contributed by atoms with E-state index in [1.807, 2.05) is 63.2 Å². The van der Waals surface area contributed by atoms with Crippen molar-refractivity contribution in [2.24, 2.45) is 5.92 Å². The highest BCUT2D eigenvalue weighted by molar-refractivity contribution is 5.90. The number of alkyl carbamates (subject to hydrolysis) is 1. The zero-order valence-corrected chi connectivity index (χ0v) is 20.4. The van der Waals surface area contributed by atoms with Crippen LogP contribution in [-0.2, 0) is 14.3 Å². The van der Waals surface area contributed by atoms with Crippen LogP contribution in [0.1, 0.15) is 50.7 Å². The highest BCUT2D eigenvalue weighted by atomic mass is 16.5. The SMILES string of the molecule is CC(C)=CCC(NC(=O)OCC1c2ccccc2-c2ccccc21)C(=O)N1CCC(C)C1C(=O)O. The minimum atomic E-state index is -1.02. The number of nitrogens with one attached hydrogen (secondary N) is 1. The van der Waals surface area contributed by atoms with Crippen LogP contribution in [0, 0.1) is 5.92 Å². The van der Waals surface area contributed by atoms with Crippen LogP contribution in [0.2, 0.25) is 0 Å². The Morgan fingerprint density at radius 2 is 1.69 bits per heavy atom. The van der Waals surface area contributed by atoms with Crippen molar-refractivity contribution in [3.8, 4) is 11.1 Å². The predicted octanol–water partition coefficient (Wildman–Crippen LogP) is 4.57. The third-order valence-electron chi connectivity index (χ3n) is 6.93. The standard InChI is InChI=1S/C28H32N2O5/c1-17(2)12-13-24(26(31)30-15-14-18(3)25(30)27(32)33)29-28(34)35-16-23-21-10-6-4-8-19(21)20-9-5-7-11-22(20)23/h4-12,18,23-25H,13-16H2,1-3H3,(H,29,34)(H,32,33). The highest BCUT2D eigenvalue weighted by Gasteiger charge is 2.42. The van der Waals surface area contributed by atoms with Crippen molar-refractivity contribution in [1.82, 2.24) is 10.2 Å². The van der Waals surface area contributed by atoms with Crippen molar-refractivity contribution < 1.29 is 24.2 Å². The summed E-state index contributed by atoms with van der Waals surface area (Å²) in [5, 5.41) is 12.3. The number of hydrogen-bond acceptors (Lipinski definition) is 4. The molecule has 0 spiro atoms. The molecule has 4 rings (SSSR count). The van der Waals surface area contributed by atoms with Crippen LogP contribution in [-0.4, -0.2) is 53.2 Å². The fourth-order valence-electron chi connectivity index (χ4n) is 5.13. The number of likely N-dealkylation sites (tertiary alicyclic amines) is 1. The average Bonchev–Trinajstić information content (AvgIpc) is 3.38. The van der Waals surface area contributed by atoms with Crippen LogP contribution in [0.5, 0.6) is 0 Å². The van der Waals surface area contributed by atoms with Gasteiger partial charge in [-0.3, -0.25) is 4.79 Å². The van der Waals surface area contributed by atoms with Gasteiger partial charge in [0.2, 0.25) is 5.91 Å². The molecule has 184 valence electrons. The average molecular weight is 477 g/mol. The molecule has 2 aromatic carbocycles. The molecule has 3 unspecified atom stereocenters. The topological polar surface area (TPSA) is 95.9 Å². The minimum absolute atomic E-state index is 0.0871. The molecular weight excluding hydrogens is 444 g/mol. The number of carbonyl (C=O) groups excluding carboxylic acids is 2. The van der Waals surface area contributed by atoms with E-state index in [-0.39, 0.29) is 24.9 Å². The number of ether oxygens (including phenoxy) is 1. The lowest BCUT2D eigenvalue weighted by Crippen LogP contribution is -2.52. The van der Waals surface area contributed by atoms with E-state index in [1.54, 1.807) is 0 Å². The molecule has 1 saturated heterocycles. The Balaban J connectivity index is 1.47. The van der Waals surface area contributed by atoms with E-state index in [0.29, 0.717) is 13.0 Å². The van der Waals surface area contributed by atoms with Crippen molar-refractivity contribution in [2.75, 3.05) is 13.2 Å². The van der Waals surface area contributed by atoms with E-state index in [0.717, 1.165) is 27.8 Å². The molecule has 1 fully saturated rings. The summed E-state index contributed by atoms with van der Waals surface area (Å²) < 4.78 is 5.63. The first-order valence-electron chi connectivity index (χ1n) is 12.1. The van der Waals surface area contributed by atoms with Gasteiger partial charge in [-0.2, -0.15) is 0 Å². The number of aliphatic carboxylic acids is 1. The third kappa shape index (κ3) is 5.09. The second-order valence-corrected chi connectivity index (χ2v) is 9.62. The third-order valence-corrected chi connectivity index (χ3v) is 6.93. The summed E-state index contributed by atoms with van der Waals surface area (Å²) in [6.07, 6.45) is 2.05. The summed E-state index contributed by atoms with van der Waals surface area (Å²) in [4.78, 5) is 39.3. The predicted molar refractivity (Wildman–Crippen MR) is 133 cm³/mol. The first-order valence-corrected chi connectivity index (χ1v) is 12.1. The molecule has 1 heterocycles. The molecular formula is C28H32N2O5. The zero-order chi connectivity index (χ0) is 25.1. The number of nitrogens with zero attached hydrogens (tertiary/aromatic N) is 1. The number of carboxylic acid groups (broad SMARTS) is 1. The lowest BCUT2D eigenvalue weighted by molar-refractivity contribution is -0.150. The number of benzene rings is 2. The number of carbonyl (C=O) groups is 3. The van der Waals surface area contributed by atoms with E-state index in [1.165, 1.54) is 4.90 Å². The van der Waals surface area contributed by atoms with E-state index < -0.39 is 30.1 Å². The van der Waals surface area contributed by atoms with E-state index in [2.05, 4.69) is 17.4 Å². The Morgan fingerprint density at radius 3 is 2.26 bits per heavy atom. The molecule has 35 heavy (non-hydrogen) atoms. The molecule has 7 heteroatoms. The Hall–Kier alpha value is -3.61. The number of rotatable bonds is 7. The van der Waals surface area contributed by atoms with Gasteiger partial charge in [-0.15, -0.1) is 0 Å². The molecule has 0 saturated carbocycles. The van der Waals surface area contributed by atoms with Gasteiger partial charge in [0.25, 0.3) is 0 Å². The van der Waals surface area contributed by atoms with E-state index >= 15 is 0 Å². The van der Waals surface area contributed by atoms with Crippen LogP contribution < -0.4 is 5.32 Å². The second kappa shape index (κ2) is 10.3. The number of fused-ring (bicyclic) bond motifs is 3. The normalized spacial score (nSPS) is 19.5. The Kier molecular flexibility index (Phi) is 7.24. The van der Waals surface area contributed by atoms with Crippen molar-refractivity contribution in [2.45, 2.75) is 51.6 Å². The van der Waals surface area contributed by atoms with Gasteiger partial charge in [-0.05, 0) is 54.9 Å². The van der Waals surface area contributed by atoms with Crippen LogP contribution in [0.3, 0.4) is 0 Å². The van der Waals surface area contributed by atoms with Gasteiger partial charge in [-0.1, -0.05) is 67.1 Å². The Morgan fingerprint density at radius 1 is 1.09 bits per heavy atom. The molecule has 2 amide bonds. The smallest absolute Gasteiger partial charge is 0.407 e. The van der Waals surface area contributed by atoms with Crippen molar-refractivity contribution in [3.63, 3.8) is 0 Å². The monoisotopic (exact) mass is 476 g/mol. The minimum Gasteiger partial charge on any atom is -0.480 e. The van der Waals surface area contributed by atoms with Gasteiger partial charge in [0, 0.05) is 12.5 Å². The number of allylic oxidation sites excluding steroid dienone is 1. The molecule has 1 aliphatic heterocycles. The second-order valence-electron chi connectivity index (χ2n) is 9.62. The Bertz CT molecular complexity index is 1110. The molecule has 0 radical (unpaired) electrons. The first-order chi connectivity index (χ1) is 16.8. The lowest BCUT2D eigenvalue weighted by Gasteiger charge is -2.28. The lowest BCUT2D eigenvalue weighted by atomic mass is 9.98. The first kappa shape index (κ1) is 24.5. The quantitative estimate of drug-likeness (QED) is 0.571. The summed E-state index contributed by atoms with van der Waals surface area (Å²) in [6, 6.07) is 14.4. The largest absolute Gasteiger partial charge is 0.480 e. The van der Waals surface area contributed by atoms with Crippen molar-refractivity contribution in [1.29, 1.82) is 0 Å². The summed E-state index contributed by atoms with van der Waals surface area (Å²) in [6.45, 7) is 6.15. The maximum atomic E-state index is 13.3. The number of amides is 2. The van der Waals surface area contributed by atoms with Gasteiger partial charge < -0.3 is 20.1 Å². The van der Waals surface area contributed by atoms with Crippen LogP contribution in [0.4, 0.5) is 4.79 Å². The molecule has 7 nitrogen and oxygen atoms in total. The maximum absolute atomic E-state index is 13.3. The summed E-state index contributed by atoms with van der Waals surface area (Å²) in [5.41, 5.74) is 5.48. The van der Waals surface area contributed by atoms with Crippen LogP contribution >= 0.6 is 0 Å². The van der Waals surface area contributed by atoms with Crippen molar-refractivity contribution in [3.05, 3.63) is 71.3 Å². The van der Waals surface area contributed by atoms with Gasteiger partial charge in [0.15, 0.2) is 0 Å². The number of hydrogen-bond donors (Lipinski definition) is 2. The fourth-order valence-corrected chi connectivity index (χ4v) is 5.13. The number of carboxylic acids is 1. The zero-order valence-electron chi connectivity index (χ0n) is 20.4. The molecule has 0 aromatic heterocycles. The highest BCUT2D eigenvalue weighted by Crippen LogP contribution is 2.44. The van der Waals surface area contributed by atoms with Gasteiger partial charge in [0.1, 0.15) is 18.7 Å². The Labute approximate surface area is 205 Å². The van der Waals surface area contributed by atoms with Gasteiger partial charge in [-0.25, -0.2) is 9.59 Å². The summed E-state index contributed by atoms with van der Waals surface area (Å²) in [5.74, 6) is -1.65. The molecule has 2 aromatic rings. The fraction of sp³-hybridized carbons (Fsp3) is 0.393. The summed E-state index contributed by atoms with van der Waals surface area (Å²) in [7, 11) is 0. The summed E-state index contributed by atoms with van der Waals surface area (Å²) >= 11 is 0. The molecule has 1 aliphatic carbocycles. The van der Waals surface area contributed by atoms with Gasteiger partial charge >= 0.3 is 12.1 Å². The molecule has 3 atom stereocenters. The van der Waals surface area contributed by atoms with E-state index in [4.69, 9.17) is 4.74 Å². The van der Waals surface area contributed by atoms with Crippen molar-refractivity contribution >= 4 is 18.0 Å². The maximum Gasteiger partial charge on any atom is 0.407 e. The molecule has 2 N–H and O–H groups in total. The van der Waals surface area contributed by atoms with Crippen LogP contribution in [0.15, 0.2) is 60.2 Å². The molecule has 2 aliphatic rings. The molecule has 0 bridgehead atoms. The van der Waals surface area contributed by atoms with Crippen LogP contribution in [0.25, 0.3) is 11.1 Å². The van der Waals surface area contributed by atoms with E-state index in [9.17, 15) is 19.5 Å².